The van der Waals surface area contributed by atoms with Gasteiger partial charge in [-0.2, -0.15) is 10.5 Å². The Hall–Kier alpha value is -3.03. The van der Waals surface area contributed by atoms with Gasteiger partial charge in [0, 0.05) is 5.69 Å². The smallest absolute Gasteiger partial charge is 0.289 e. The molecule has 7 heteroatoms. The average molecular weight is 310 g/mol. The Morgan fingerprint density at radius 3 is 2.55 bits per heavy atom. The van der Waals surface area contributed by atoms with Crippen molar-refractivity contribution in [3.8, 4) is 12.1 Å². The molecule has 0 aliphatic rings. The van der Waals surface area contributed by atoms with Crippen LogP contribution in [-0.2, 0) is 4.79 Å². The van der Waals surface area contributed by atoms with Gasteiger partial charge in [-0.1, -0.05) is 30.0 Å². The highest BCUT2D eigenvalue weighted by molar-refractivity contribution is 7.99. The lowest BCUT2D eigenvalue weighted by atomic mass is 10.2. The van der Waals surface area contributed by atoms with E-state index in [0.29, 0.717) is 10.7 Å². The lowest BCUT2D eigenvalue weighted by Crippen LogP contribution is -2.19. The standard InChI is InChI=1S/C15H11N5OS/c16-7-10-6-11(8-17)15(20-14(10)18)22-9-13(21)19-12-4-2-1-3-5-12/h1-6H,9H2,(H2,18,20)(H,19,21)/p+1. The van der Waals surface area contributed by atoms with E-state index in [9.17, 15) is 4.79 Å². The highest BCUT2D eigenvalue weighted by Crippen LogP contribution is 2.20. The Morgan fingerprint density at radius 1 is 1.23 bits per heavy atom. The van der Waals surface area contributed by atoms with Crippen molar-refractivity contribution in [3.05, 3.63) is 47.5 Å². The van der Waals surface area contributed by atoms with Gasteiger partial charge in [0.2, 0.25) is 5.91 Å². The van der Waals surface area contributed by atoms with E-state index in [0.717, 1.165) is 11.8 Å². The van der Waals surface area contributed by atoms with Crippen LogP contribution in [0.4, 0.5) is 11.5 Å². The van der Waals surface area contributed by atoms with Gasteiger partial charge in [0.25, 0.3) is 5.82 Å². The predicted octanol–water partition coefficient (Wildman–Crippen LogP) is 1.56. The third-order valence-corrected chi connectivity index (χ3v) is 3.73. The third kappa shape index (κ3) is 3.75. The number of para-hydroxylation sites is 1. The maximum absolute atomic E-state index is 11.9. The van der Waals surface area contributed by atoms with Crippen molar-refractivity contribution in [1.82, 2.24) is 0 Å². The number of nitrogen functional groups attached to an aromatic ring is 1. The maximum atomic E-state index is 11.9. The molecular formula is C15H12N5OS+. The van der Waals surface area contributed by atoms with Crippen LogP contribution in [0.5, 0.6) is 0 Å². The van der Waals surface area contributed by atoms with Crippen LogP contribution < -0.4 is 16.0 Å². The molecule has 0 spiro atoms. The minimum absolute atomic E-state index is 0.116. The van der Waals surface area contributed by atoms with E-state index in [2.05, 4.69) is 10.3 Å². The minimum Gasteiger partial charge on any atom is -0.325 e. The number of rotatable bonds is 4. The molecule has 108 valence electrons. The molecule has 0 radical (unpaired) electrons. The number of carbonyl (C=O) groups is 1. The molecule has 0 aliphatic carbocycles. The summed E-state index contributed by atoms with van der Waals surface area (Å²) < 4.78 is 0. The number of benzene rings is 1. The number of nitrogens with two attached hydrogens (primary N) is 1. The molecule has 0 fully saturated rings. The summed E-state index contributed by atoms with van der Waals surface area (Å²) in [5, 5.41) is 21.2. The van der Waals surface area contributed by atoms with Crippen LogP contribution in [-0.4, -0.2) is 11.7 Å². The highest BCUT2D eigenvalue weighted by Gasteiger charge is 2.15. The summed E-state index contributed by atoms with van der Waals surface area (Å²) in [6, 6.07) is 14.4. The Labute approximate surface area is 131 Å². The summed E-state index contributed by atoms with van der Waals surface area (Å²) in [6.07, 6.45) is 0. The van der Waals surface area contributed by atoms with Crippen LogP contribution in [0.1, 0.15) is 11.1 Å². The molecule has 0 saturated heterocycles. The van der Waals surface area contributed by atoms with E-state index in [1.54, 1.807) is 12.1 Å². The summed E-state index contributed by atoms with van der Waals surface area (Å²) in [6.45, 7) is 0. The number of anilines is 2. The summed E-state index contributed by atoms with van der Waals surface area (Å²) in [5.74, 6) is 0.0923. The summed E-state index contributed by atoms with van der Waals surface area (Å²) in [4.78, 5) is 14.7. The second-order valence-corrected chi connectivity index (χ2v) is 5.25. The molecule has 1 aromatic carbocycles. The third-order valence-electron chi connectivity index (χ3n) is 2.72. The predicted molar refractivity (Wildman–Crippen MR) is 82.6 cm³/mol. The van der Waals surface area contributed by atoms with Gasteiger partial charge in [-0.25, -0.2) is 4.98 Å². The number of H-pyrrole nitrogens is 1. The first-order chi connectivity index (χ1) is 10.6. The van der Waals surface area contributed by atoms with Gasteiger partial charge in [-0.05, 0) is 18.2 Å². The van der Waals surface area contributed by atoms with Crippen molar-refractivity contribution in [2.45, 2.75) is 5.03 Å². The van der Waals surface area contributed by atoms with Crippen LogP contribution in [0.2, 0.25) is 0 Å². The fourth-order valence-electron chi connectivity index (χ4n) is 1.69. The molecule has 1 amide bonds. The molecule has 4 N–H and O–H groups in total. The normalized spacial score (nSPS) is 9.55. The van der Waals surface area contributed by atoms with Crippen molar-refractivity contribution in [2.24, 2.45) is 0 Å². The molecule has 1 aromatic heterocycles. The molecule has 0 atom stereocenters. The van der Waals surface area contributed by atoms with Crippen LogP contribution >= 0.6 is 11.8 Å². The molecule has 0 unspecified atom stereocenters. The van der Waals surface area contributed by atoms with E-state index in [-0.39, 0.29) is 28.6 Å². The van der Waals surface area contributed by atoms with Gasteiger partial charge < -0.3 is 5.32 Å². The Bertz CT molecular complexity index is 777. The van der Waals surface area contributed by atoms with Crippen molar-refractivity contribution >= 4 is 29.2 Å². The first kappa shape index (κ1) is 15.4. The minimum atomic E-state index is -0.198. The van der Waals surface area contributed by atoms with Crippen LogP contribution in [0.3, 0.4) is 0 Å². The molecule has 0 bridgehead atoms. The lowest BCUT2D eigenvalue weighted by molar-refractivity contribution is -0.410. The summed E-state index contributed by atoms with van der Waals surface area (Å²) in [7, 11) is 0. The fraction of sp³-hybridized carbons (Fsp3) is 0.0667. The Morgan fingerprint density at radius 2 is 1.91 bits per heavy atom. The van der Waals surface area contributed by atoms with Gasteiger partial charge in [0.15, 0.2) is 5.03 Å². The SMILES string of the molecule is N#Cc1cc(C#N)c(SCC(=O)Nc2ccccc2)[nH+]c1N. The molecule has 0 saturated carbocycles. The van der Waals surface area contributed by atoms with Gasteiger partial charge >= 0.3 is 0 Å². The zero-order valence-corrected chi connectivity index (χ0v) is 12.3. The summed E-state index contributed by atoms with van der Waals surface area (Å²) >= 11 is 1.15. The number of thioether (sulfide) groups is 1. The number of carbonyl (C=O) groups excluding carboxylic acids is 1. The Kier molecular flexibility index (Phi) is 4.97. The van der Waals surface area contributed by atoms with E-state index in [4.69, 9.17) is 16.3 Å². The van der Waals surface area contributed by atoms with E-state index in [1.165, 1.54) is 6.07 Å². The van der Waals surface area contributed by atoms with Gasteiger partial charge in [-0.15, -0.1) is 0 Å². The monoisotopic (exact) mass is 310 g/mol. The lowest BCUT2D eigenvalue weighted by Gasteiger charge is -2.05. The molecule has 6 nitrogen and oxygen atoms in total. The zero-order valence-electron chi connectivity index (χ0n) is 11.5. The second kappa shape index (κ2) is 7.11. The Balaban J connectivity index is 2.06. The van der Waals surface area contributed by atoms with Crippen molar-refractivity contribution in [2.75, 3.05) is 16.8 Å². The summed E-state index contributed by atoms with van der Waals surface area (Å²) in [5.41, 5.74) is 6.87. The van der Waals surface area contributed by atoms with Crippen LogP contribution in [0, 0.1) is 22.7 Å². The van der Waals surface area contributed by atoms with E-state index < -0.39 is 0 Å². The van der Waals surface area contributed by atoms with E-state index >= 15 is 0 Å². The number of aromatic amines is 1. The molecule has 0 aliphatic heterocycles. The maximum Gasteiger partial charge on any atom is 0.289 e. The fourth-order valence-corrected chi connectivity index (χ4v) is 2.48. The largest absolute Gasteiger partial charge is 0.325 e. The first-order valence-corrected chi connectivity index (χ1v) is 7.26. The number of nitrogens with one attached hydrogen (secondary N) is 2. The average Bonchev–Trinajstić information content (AvgIpc) is 2.54. The number of amides is 1. The molecule has 2 aromatic rings. The highest BCUT2D eigenvalue weighted by atomic mass is 32.2. The number of pyridine rings is 1. The van der Waals surface area contributed by atoms with Crippen molar-refractivity contribution < 1.29 is 9.78 Å². The quantitative estimate of drug-likeness (QED) is 0.831. The van der Waals surface area contributed by atoms with Gasteiger partial charge in [-0.3, -0.25) is 10.5 Å². The van der Waals surface area contributed by atoms with Crippen molar-refractivity contribution in [3.63, 3.8) is 0 Å². The van der Waals surface area contributed by atoms with Crippen LogP contribution in [0.25, 0.3) is 0 Å². The molecular weight excluding hydrogens is 298 g/mol. The molecule has 22 heavy (non-hydrogen) atoms. The topological polar surface area (TPSA) is 117 Å². The molecule has 1 heterocycles. The molecule has 2 rings (SSSR count). The second-order valence-electron chi connectivity index (χ2n) is 4.27. The van der Waals surface area contributed by atoms with Gasteiger partial charge in [0.05, 0.1) is 5.75 Å². The number of hydrogen-bond donors (Lipinski definition) is 2. The van der Waals surface area contributed by atoms with E-state index in [1.807, 2.05) is 30.3 Å². The number of nitrogens with zero attached hydrogens (tertiary/aromatic N) is 2. The van der Waals surface area contributed by atoms with Gasteiger partial charge in [0.1, 0.15) is 23.3 Å². The number of nitriles is 2. The first-order valence-electron chi connectivity index (χ1n) is 6.27. The number of aromatic nitrogens is 1. The van der Waals surface area contributed by atoms with Crippen LogP contribution in [0.15, 0.2) is 41.4 Å². The van der Waals surface area contributed by atoms with Crippen molar-refractivity contribution in [1.29, 1.82) is 10.5 Å². The number of hydrogen-bond acceptors (Lipinski definition) is 5. The zero-order chi connectivity index (χ0) is 15.9.